The third kappa shape index (κ3) is 7.21. The molecule has 0 aromatic carbocycles. The van der Waals surface area contributed by atoms with Crippen LogP contribution in [0.4, 0.5) is 24.7 Å². The molecule has 0 atom stereocenters. The van der Waals surface area contributed by atoms with Crippen LogP contribution in [0.2, 0.25) is 0 Å². The molecule has 3 N–H and O–H groups in total. The molecule has 3 amide bonds. The summed E-state index contributed by atoms with van der Waals surface area (Å²) in [6.07, 6.45) is 0.320. The second-order valence-corrected chi connectivity index (χ2v) is 8.01. The van der Waals surface area contributed by atoms with Crippen molar-refractivity contribution in [3.8, 4) is 0 Å². The first-order chi connectivity index (χ1) is 17.9. The van der Waals surface area contributed by atoms with Gasteiger partial charge in [-0.2, -0.15) is 13.2 Å². The molecule has 0 aliphatic carbocycles. The lowest BCUT2D eigenvalue weighted by atomic mass is 10.3. The average Bonchev–Trinajstić information content (AvgIpc) is 3.51. The second kappa shape index (κ2) is 11.6. The predicted octanol–water partition coefficient (Wildman–Crippen LogP) is 1.70. The number of nitrogens with one attached hydrogen (secondary N) is 3. The van der Waals surface area contributed by atoms with Crippen LogP contribution >= 0.6 is 0 Å². The van der Waals surface area contributed by atoms with Crippen LogP contribution < -0.4 is 16.0 Å². The van der Waals surface area contributed by atoms with Crippen LogP contribution in [0.1, 0.15) is 45.1 Å². The van der Waals surface area contributed by atoms with Crippen LogP contribution in [-0.2, 0) is 30.2 Å². The fraction of sp³-hybridized carbons (Fsp3) is 0.364. The van der Waals surface area contributed by atoms with E-state index >= 15 is 0 Å². The van der Waals surface area contributed by atoms with Gasteiger partial charge in [-0.3, -0.25) is 14.4 Å². The number of rotatable bonds is 10. The van der Waals surface area contributed by atoms with E-state index in [1.54, 1.807) is 14.0 Å². The number of halogens is 3. The van der Waals surface area contributed by atoms with Crippen LogP contribution in [0.25, 0.3) is 0 Å². The molecule has 38 heavy (non-hydrogen) atoms. The summed E-state index contributed by atoms with van der Waals surface area (Å²) in [4.78, 5) is 56.7. The van der Waals surface area contributed by atoms with Gasteiger partial charge < -0.3 is 34.4 Å². The highest BCUT2D eigenvalue weighted by Gasteiger charge is 2.30. The van der Waals surface area contributed by atoms with Crippen molar-refractivity contribution in [1.82, 2.24) is 29.0 Å². The Morgan fingerprint density at radius 3 is 2.45 bits per heavy atom. The molecule has 0 fully saturated rings. The van der Waals surface area contributed by atoms with Gasteiger partial charge in [0.1, 0.15) is 12.2 Å². The largest absolute Gasteiger partial charge is 0.460 e. The van der Waals surface area contributed by atoms with E-state index in [2.05, 4.69) is 25.9 Å². The lowest BCUT2D eigenvalue weighted by molar-refractivity contribution is -0.140. The molecule has 3 heterocycles. The maximum Gasteiger partial charge on any atom is 0.406 e. The molecule has 3 rings (SSSR count). The molecule has 0 aliphatic heterocycles. The summed E-state index contributed by atoms with van der Waals surface area (Å²) in [5.41, 5.74) is 0.289. The fourth-order valence-corrected chi connectivity index (χ4v) is 3.38. The van der Waals surface area contributed by atoms with Gasteiger partial charge in [0, 0.05) is 51.8 Å². The molecule has 16 heteroatoms. The Hall–Kier alpha value is -4.63. The van der Waals surface area contributed by atoms with E-state index in [4.69, 9.17) is 4.74 Å². The lowest BCUT2D eigenvalue weighted by Gasteiger charge is -2.10. The summed E-state index contributed by atoms with van der Waals surface area (Å²) >= 11 is 0. The van der Waals surface area contributed by atoms with Gasteiger partial charge >= 0.3 is 12.1 Å². The molecule has 0 bridgehead atoms. The maximum absolute atomic E-state index is 12.7. The van der Waals surface area contributed by atoms with Crippen molar-refractivity contribution in [3.63, 3.8) is 0 Å². The van der Waals surface area contributed by atoms with Gasteiger partial charge in [0.05, 0.1) is 12.3 Å². The Balaban J connectivity index is 1.52. The molecule has 3 aromatic heterocycles. The minimum absolute atomic E-state index is 0.0198. The molecule has 204 valence electrons. The summed E-state index contributed by atoms with van der Waals surface area (Å²) in [6.45, 7) is 0.417. The fourth-order valence-electron chi connectivity index (χ4n) is 3.38. The van der Waals surface area contributed by atoms with E-state index in [1.165, 1.54) is 34.6 Å². The van der Waals surface area contributed by atoms with Crippen molar-refractivity contribution in [3.05, 3.63) is 48.2 Å². The highest BCUT2D eigenvalue weighted by atomic mass is 19.4. The number of amides is 3. The second-order valence-electron chi connectivity index (χ2n) is 8.01. The first-order valence-electron chi connectivity index (χ1n) is 11.2. The molecular formula is C22H25F3N8O5. The molecule has 13 nitrogen and oxygen atoms in total. The first-order valence-corrected chi connectivity index (χ1v) is 11.2. The van der Waals surface area contributed by atoms with E-state index in [0.29, 0.717) is 4.57 Å². The third-order valence-electron chi connectivity index (χ3n) is 5.00. The molecule has 0 spiro atoms. The standard InChI is InChI=1S/C22H25F3N8O5/c1-4-38-21(37)18-30-15(11-32(18)3)29-16(34)5-6-27-19(35)14-9-13(10-31(14)2)28-20(36)17-26-7-8-33(17)12-22(23,24)25/h7-11H,4-6,12H2,1-3H3,(H,27,35)(H,28,36)(H,29,34). The van der Waals surface area contributed by atoms with Crippen molar-refractivity contribution in [1.29, 1.82) is 0 Å². The molecule has 3 aromatic rings. The predicted molar refractivity (Wildman–Crippen MR) is 126 cm³/mol. The monoisotopic (exact) mass is 538 g/mol. The maximum atomic E-state index is 12.7. The number of aryl methyl sites for hydroxylation is 2. The van der Waals surface area contributed by atoms with Crippen molar-refractivity contribution >= 4 is 35.2 Å². The Morgan fingerprint density at radius 1 is 1.03 bits per heavy atom. The van der Waals surface area contributed by atoms with E-state index in [9.17, 15) is 32.3 Å². The van der Waals surface area contributed by atoms with E-state index in [-0.39, 0.29) is 42.6 Å². The summed E-state index contributed by atoms with van der Waals surface area (Å²) < 4.78 is 46.4. The van der Waals surface area contributed by atoms with Crippen LogP contribution in [0, 0.1) is 0 Å². The molecule has 0 aliphatic rings. The lowest BCUT2D eigenvalue weighted by Crippen LogP contribution is -2.29. The van der Waals surface area contributed by atoms with Gasteiger partial charge in [-0.05, 0) is 13.0 Å². The molecular weight excluding hydrogens is 513 g/mol. The van der Waals surface area contributed by atoms with Gasteiger partial charge in [0.25, 0.3) is 11.8 Å². The van der Waals surface area contributed by atoms with Crippen molar-refractivity contribution in [2.24, 2.45) is 14.1 Å². The zero-order chi connectivity index (χ0) is 28.0. The Labute approximate surface area is 214 Å². The minimum atomic E-state index is -4.53. The number of aromatic nitrogens is 5. The molecule has 0 saturated carbocycles. The van der Waals surface area contributed by atoms with Crippen LogP contribution in [0.5, 0.6) is 0 Å². The highest BCUT2D eigenvalue weighted by Crippen LogP contribution is 2.19. The number of imidazole rings is 2. The average molecular weight is 538 g/mol. The van der Waals surface area contributed by atoms with Crippen LogP contribution in [-0.4, -0.2) is 66.7 Å². The zero-order valence-electron chi connectivity index (χ0n) is 20.6. The van der Waals surface area contributed by atoms with Crippen molar-refractivity contribution < 1.29 is 37.1 Å². The Kier molecular flexibility index (Phi) is 8.54. The topological polar surface area (TPSA) is 154 Å². The van der Waals surface area contributed by atoms with E-state index in [1.807, 2.05) is 0 Å². The molecule has 0 saturated heterocycles. The van der Waals surface area contributed by atoms with Gasteiger partial charge in [0.15, 0.2) is 11.6 Å². The number of nitrogens with zero attached hydrogens (tertiary/aromatic N) is 5. The Bertz CT molecular complexity index is 1340. The number of alkyl halides is 3. The molecule has 0 unspecified atom stereocenters. The number of anilines is 2. The third-order valence-corrected chi connectivity index (χ3v) is 5.00. The summed E-state index contributed by atoms with van der Waals surface area (Å²) in [7, 11) is 3.10. The number of esters is 1. The van der Waals surface area contributed by atoms with Gasteiger partial charge in [0.2, 0.25) is 11.7 Å². The van der Waals surface area contributed by atoms with Crippen LogP contribution in [0.3, 0.4) is 0 Å². The van der Waals surface area contributed by atoms with Gasteiger partial charge in [-0.1, -0.05) is 0 Å². The van der Waals surface area contributed by atoms with E-state index < -0.39 is 42.2 Å². The zero-order valence-corrected chi connectivity index (χ0v) is 20.6. The van der Waals surface area contributed by atoms with Crippen molar-refractivity contribution in [2.45, 2.75) is 26.1 Å². The number of carbonyl (C=O) groups excluding carboxylic acids is 4. The van der Waals surface area contributed by atoms with Gasteiger partial charge in [-0.25, -0.2) is 14.8 Å². The van der Waals surface area contributed by atoms with Gasteiger partial charge in [-0.15, -0.1) is 0 Å². The highest BCUT2D eigenvalue weighted by molar-refractivity contribution is 6.03. The summed E-state index contributed by atoms with van der Waals surface area (Å²) in [5, 5.41) is 7.50. The smallest absolute Gasteiger partial charge is 0.406 e. The molecule has 0 radical (unpaired) electrons. The summed E-state index contributed by atoms with van der Waals surface area (Å²) in [6, 6.07) is 1.33. The number of ether oxygens (including phenoxy) is 1. The van der Waals surface area contributed by atoms with Crippen molar-refractivity contribution in [2.75, 3.05) is 23.8 Å². The number of carbonyl (C=O) groups is 4. The number of hydrogen-bond acceptors (Lipinski definition) is 7. The van der Waals surface area contributed by atoms with E-state index in [0.717, 1.165) is 12.4 Å². The first kappa shape index (κ1) is 27.9. The number of hydrogen-bond donors (Lipinski definition) is 3. The SMILES string of the molecule is CCOC(=O)c1nc(NC(=O)CCNC(=O)c2cc(NC(=O)c3nccn3CC(F)(F)F)cn2C)cn1C. The summed E-state index contributed by atoms with van der Waals surface area (Å²) in [5.74, 6) is -2.81. The Morgan fingerprint density at radius 2 is 1.76 bits per heavy atom. The normalized spacial score (nSPS) is 11.2. The minimum Gasteiger partial charge on any atom is -0.460 e. The van der Waals surface area contributed by atoms with Crippen LogP contribution in [0.15, 0.2) is 30.9 Å². The quantitative estimate of drug-likeness (QED) is 0.332.